The molecule has 0 fully saturated rings. The van der Waals surface area contributed by atoms with Gasteiger partial charge in [0, 0.05) is 9.99 Å². The summed E-state index contributed by atoms with van der Waals surface area (Å²) in [7, 11) is 0. The van der Waals surface area contributed by atoms with E-state index in [1.165, 1.54) is 18.2 Å². The van der Waals surface area contributed by atoms with Crippen LogP contribution >= 0.6 is 22.6 Å². The number of aliphatic carboxylic acids is 1. The van der Waals surface area contributed by atoms with Gasteiger partial charge in [-0.3, -0.25) is 4.79 Å². The maximum Gasteiger partial charge on any atom is 0.326 e. The molecule has 6 heteroatoms. The van der Waals surface area contributed by atoms with Crippen LogP contribution in [0.15, 0.2) is 48.5 Å². The van der Waals surface area contributed by atoms with Crippen LogP contribution in [0.2, 0.25) is 0 Å². The van der Waals surface area contributed by atoms with E-state index in [9.17, 15) is 19.1 Å². The van der Waals surface area contributed by atoms with Gasteiger partial charge in [-0.05, 0) is 58.0 Å². The highest BCUT2D eigenvalue weighted by Gasteiger charge is 2.20. The standard InChI is InChI=1S/C17H15FINO3/c18-13-5-1-3-11(7-13)10-16(21)20-15(17(22)23)9-12-4-2-6-14(19)8-12/h1-8,15H,9-10H2,(H,20,21)(H,22,23)/t15-/m0/s1. The van der Waals surface area contributed by atoms with Gasteiger partial charge in [0.25, 0.3) is 0 Å². The summed E-state index contributed by atoms with van der Waals surface area (Å²) in [5.74, 6) is -1.98. The van der Waals surface area contributed by atoms with E-state index in [1.807, 2.05) is 24.3 Å². The Kier molecular flexibility index (Phi) is 6.09. The molecule has 120 valence electrons. The molecule has 0 spiro atoms. The Labute approximate surface area is 146 Å². The molecule has 0 unspecified atom stereocenters. The topological polar surface area (TPSA) is 66.4 Å². The van der Waals surface area contributed by atoms with Crippen LogP contribution in [0.4, 0.5) is 4.39 Å². The van der Waals surface area contributed by atoms with Crippen LogP contribution in [0.1, 0.15) is 11.1 Å². The first-order valence-electron chi connectivity index (χ1n) is 6.95. The van der Waals surface area contributed by atoms with Gasteiger partial charge in [0.1, 0.15) is 11.9 Å². The average molecular weight is 427 g/mol. The normalized spacial score (nSPS) is 11.7. The van der Waals surface area contributed by atoms with Gasteiger partial charge in [-0.15, -0.1) is 0 Å². The van der Waals surface area contributed by atoms with Crippen molar-refractivity contribution in [2.75, 3.05) is 0 Å². The molecule has 0 radical (unpaired) electrons. The molecule has 23 heavy (non-hydrogen) atoms. The number of carboxylic acid groups (broad SMARTS) is 1. The zero-order valence-electron chi connectivity index (χ0n) is 12.1. The van der Waals surface area contributed by atoms with Gasteiger partial charge >= 0.3 is 5.97 Å². The first kappa shape index (κ1) is 17.4. The second-order valence-electron chi connectivity index (χ2n) is 5.10. The molecule has 0 saturated carbocycles. The van der Waals surface area contributed by atoms with Gasteiger partial charge in [0.2, 0.25) is 5.91 Å². The van der Waals surface area contributed by atoms with Crippen molar-refractivity contribution in [1.82, 2.24) is 5.32 Å². The number of rotatable bonds is 6. The quantitative estimate of drug-likeness (QED) is 0.697. The molecule has 0 aromatic heterocycles. The summed E-state index contributed by atoms with van der Waals surface area (Å²) in [6.07, 6.45) is 0.134. The summed E-state index contributed by atoms with van der Waals surface area (Å²) in [5, 5.41) is 11.8. The summed E-state index contributed by atoms with van der Waals surface area (Å²) in [6.45, 7) is 0. The fourth-order valence-corrected chi connectivity index (χ4v) is 2.78. The van der Waals surface area contributed by atoms with Crippen LogP contribution < -0.4 is 5.32 Å². The van der Waals surface area contributed by atoms with E-state index in [4.69, 9.17) is 0 Å². The Morgan fingerprint density at radius 2 is 1.83 bits per heavy atom. The molecular weight excluding hydrogens is 412 g/mol. The van der Waals surface area contributed by atoms with E-state index >= 15 is 0 Å². The van der Waals surface area contributed by atoms with Crippen LogP contribution in [0.5, 0.6) is 0 Å². The fourth-order valence-electron chi connectivity index (χ4n) is 2.18. The summed E-state index contributed by atoms with van der Waals surface area (Å²) in [4.78, 5) is 23.4. The third-order valence-corrected chi connectivity index (χ3v) is 3.89. The SMILES string of the molecule is O=C(Cc1cccc(F)c1)N[C@@H](Cc1cccc(I)c1)C(=O)O. The largest absolute Gasteiger partial charge is 0.480 e. The van der Waals surface area contributed by atoms with E-state index in [0.29, 0.717) is 5.56 Å². The van der Waals surface area contributed by atoms with Crippen molar-refractivity contribution in [3.8, 4) is 0 Å². The highest BCUT2D eigenvalue weighted by molar-refractivity contribution is 14.1. The van der Waals surface area contributed by atoms with Crippen LogP contribution in [0, 0.1) is 9.39 Å². The van der Waals surface area contributed by atoms with Gasteiger partial charge < -0.3 is 10.4 Å². The lowest BCUT2D eigenvalue weighted by atomic mass is 10.1. The van der Waals surface area contributed by atoms with E-state index in [0.717, 1.165) is 9.13 Å². The second kappa shape index (κ2) is 8.05. The van der Waals surface area contributed by atoms with Crippen molar-refractivity contribution < 1.29 is 19.1 Å². The Morgan fingerprint density at radius 1 is 1.13 bits per heavy atom. The minimum absolute atomic E-state index is 0.0616. The van der Waals surface area contributed by atoms with Crippen LogP contribution in [0.25, 0.3) is 0 Å². The van der Waals surface area contributed by atoms with E-state index in [1.54, 1.807) is 6.07 Å². The van der Waals surface area contributed by atoms with Gasteiger partial charge in [-0.25, -0.2) is 9.18 Å². The Balaban J connectivity index is 2.01. The summed E-state index contributed by atoms with van der Waals surface area (Å²) in [5.41, 5.74) is 1.33. The molecule has 0 bridgehead atoms. The number of hydrogen-bond acceptors (Lipinski definition) is 2. The molecule has 0 saturated heterocycles. The molecule has 2 aromatic carbocycles. The third kappa shape index (κ3) is 5.63. The number of nitrogens with one attached hydrogen (secondary N) is 1. The van der Waals surface area contributed by atoms with Crippen LogP contribution in [0.3, 0.4) is 0 Å². The van der Waals surface area contributed by atoms with E-state index in [2.05, 4.69) is 27.9 Å². The molecular formula is C17H15FINO3. The first-order valence-corrected chi connectivity index (χ1v) is 8.03. The lowest BCUT2D eigenvalue weighted by molar-refractivity contribution is -0.141. The minimum Gasteiger partial charge on any atom is -0.480 e. The van der Waals surface area contributed by atoms with Crippen molar-refractivity contribution in [2.24, 2.45) is 0 Å². The van der Waals surface area contributed by atoms with Crippen molar-refractivity contribution in [3.63, 3.8) is 0 Å². The molecule has 4 nitrogen and oxygen atoms in total. The summed E-state index contributed by atoms with van der Waals surface area (Å²) in [6, 6.07) is 12.1. The fraction of sp³-hybridized carbons (Fsp3) is 0.176. The van der Waals surface area contributed by atoms with Crippen molar-refractivity contribution in [3.05, 3.63) is 69.0 Å². The van der Waals surface area contributed by atoms with E-state index < -0.39 is 23.7 Å². The van der Waals surface area contributed by atoms with Crippen LogP contribution in [-0.4, -0.2) is 23.0 Å². The molecule has 2 rings (SSSR count). The second-order valence-corrected chi connectivity index (χ2v) is 6.34. The summed E-state index contributed by atoms with van der Waals surface area (Å²) >= 11 is 2.14. The molecule has 0 aliphatic carbocycles. The smallest absolute Gasteiger partial charge is 0.326 e. The lowest BCUT2D eigenvalue weighted by Crippen LogP contribution is -2.43. The van der Waals surface area contributed by atoms with Gasteiger partial charge in [-0.2, -0.15) is 0 Å². The zero-order valence-corrected chi connectivity index (χ0v) is 14.3. The number of carboxylic acids is 1. The number of carbonyl (C=O) groups is 2. The minimum atomic E-state index is -1.10. The molecule has 2 N–H and O–H groups in total. The third-order valence-electron chi connectivity index (χ3n) is 3.22. The number of halogens is 2. The zero-order chi connectivity index (χ0) is 16.8. The molecule has 0 aliphatic rings. The highest BCUT2D eigenvalue weighted by atomic mass is 127. The highest BCUT2D eigenvalue weighted by Crippen LogP contribution is 2.10. The van der Waals surface area contributed by atoms with Crippen molar-refractivity contribution >= 4 is 34.5 Å². The van der Waals surface area contributed by atoms with Crippen molar-refractivity contribution in [2.45, 2.75) is 18.9 Å². The number of carbonyl (C=O) groups excluding carboxylic acids is 1. The predicted octanol–water partition coefficient (Wildman–Crippen LogP) is 2.78. The molecule has 0 aliphatic heterocycles. The number of hydrogen-bond donors (Lipinski definition) is 2. The molecule has 1 amide bonds. The summed E-state index contributed by atoms with van der Waals surface area (Å²) < 4.78 is 14.1. The Morgan fingerprint density at radius 3 is 2.48 bits per heavy atom. The monoisotopic (exact) mass is 427 g/mol. The van der Waals surface area contributed by atoms with Gasteiger partial charge in [-0.1, -0.05) is 24.3 Å². The molecule has 0 heterocycles. The van der Waals surface area contributed by atoms with Crippen LogP contribution in [-0.2, 0) is 22.4 Å². The number of benzene rings is 2. The van der Waals surface area contributed by atoms with Gasteiger partial charge in [0.15, 0.2) is 0 Å². The average Bonchev–Trinajstić information content (AvgIpc) is 2.46. The predicted molar refractivity (Wildman–Crippen MR) is 92.5 cm³/mol. The van der Waals surface area contributed by atoms with Crippen molar-refractivity contribution in [1.29, 1.82) is 0 Å². The number of amides is 1. The lowest BCUT2D eigenvalue weighted by Gasteiger charge is -2.15. The molecule has 1 atom stereocenters. The maximum absolute atomic E-state index is 13.1. The first-order chi connectivity index (χ1) is 10.9. The Bertz CT molecular complexity index is 720. The van der Waals surface area contributed by atoms with E-state index in [-0.39, 0.29) is 12.8 Å². The maximum atomic E-state index is 13.1. The molecule has 2 aromatic rings. The Hall–Kier alpha value is -1.96. The van der Waals surface area contributed by atoms with Gasteiger partial charge in [0.05, 0.1) is 6.42 Å².